The molecule has 1 heterocycles. The largest absolute Gasteiger partial charge is 0.490 e. The number of nitrogens with one attached hydrogen (secondary N) is 2. The number of amides is 2. The van der Waals surface area contributed by atoms with Gasteiger partial charge in [0.1, 0.15) is 6.61 Å². The molecule has 0 fully saturated rings. The van der Waals surface area contributed by atoms with Crippen LogP contribution in [0.4, 0.5) is 4.79 Å². The van der Waals surface area contributed by atoms with Gasteiger partial charge < -0.3 is 24.8 Å². The zero-order chi connectivity index (χ0) is 25.5. The summed E-state index contributed by atoms with van der Waals surface area (Å²) in [5.41, 5.74) is 3.03. The third kappa shape index (κ3) is 5.80. The lowest BCUT2D eigenvalue weighted by atomic mass is 9.92. The van der Waals surface area contributed by atoms with Crippen molar-refractivity contribution in [2.45, 2.75) is 26.5 Å². The average Bonchev–Trinajstić information content (AvgIpc) is 2.89. The number of hydrogen-bond donors (Lipinski definition) is 2. The molecule has 186 valence electrons. The first-order valence-electron chi connectivity index (χ1n) is 11.7. The molecule has 36 heavy (non-hydrogen) atoms. The van der Waals surface area contributed by atoms with Gasteiger partial charge in [0.15, 0.2) is 11.5 Å². The van der Waals surface area contributed by atoms with Crippen LogP contribution < -0.4 is 20.1 Å². The Balaban J connectivity index is 1.71. The maximum atomic E-state index is 13.1. The highest BCUT2D eigenvalue weighted by atomic mass is 35.5. The van der Waals surface area contributed by atoms with Crippen molar-refractivity contribution < 1.29 is 23.8 Å². The van der Waals surface area contributed by atoms with E-state index >= 15 is 0 Å². The van der Waals surface area contributed by atoms with Crippen molar-refractivity contribution in [3.05, 3.63) is 100 Å². The van der Waals surface area contributed by atoms with Crippen LogP contribution in [0.2, 0.25) is 5.02 Å². The van der Waals surface area contributed by atoms with Crippen LogP contribution >= 0.6 is 11.6 Å². The van der Waals surface area contributed by atoms with Crippen LogP contribution in [0.1, 0.15) is 36.6 Å². The molecule has 0 saturated carbocycles. The smallest absolute Gasteiger partial charge is 0.338 e. The highest BCUT2D eigenvalue weighted by Gasteiger charge is 2.34. The first-order valence-corrected chi connectivity index (χ1v) is 12.1. The lowest BCUT2D eigenvalue weighted by Crippen LogP contribution is -2.45. The van der Waals surface area contributed by atoms with Crippen molar-refractivity contribution >= 4 is 29.3 Å². The molecule has 1 aliphatic heterocycles. The fourth-order valence-electron chi connectivity index (χ4n) is 3.91. The normalized spacial score (nSPS) is 15.1. The number of esters is 1. The molecule has 1 aliphatic rings. The number of benzene rings is 3. The van der Waals surface area contributed by atoms with Gasteiger partial charge in [0.25, 0.3) is 0 Å². The van der Waals surface area contributed by atoms with Crippen molar-refractivity contribution in [2.24, 2.45) is 0 Å². The maximum Gasteiger partial charge on any atom is 0.338 e. The van der Waals surface area contributed by atoms with Gasteiger partial charge in [0.05, 0.1) is 30.5 Å². The van der Waals surface area contributed by atoms with E-state index in [1.807, 2.05) is 49.4 Å². The summed E-state index contributed by atoms with van der Waals surface area (Å²) in [6.07, 6.45) is 0. The summed E-state index contributed by atoms with van der Waals surface area (Å²) in [7, 11) is 0. The number of hydrogen-bond acceptors (Lipinski definition) is 5. The molecule has 1 atom stereocenters. The number of carbonyl (C=O) groups excluding carboxylic acids is 2. The second-order valence-corrected chi connectivity index (χ2v) is 8.40. The van der Waals surface area contributed by atoms with E-state index in [2.05, 4.69) is 10.6 Å². The molecule has 3 aromatic rings. The van der Waals surface area contributed by atoms with E-state index in [1.165, 1.54) is 0 Å². The standard InChI is InChI=1S/C28H27ClN2O5/c1-3-34-23-16-20(12-15-22(23)36-17-18-10-13-21(29)14-11-18)26-24(27(32)35-4-2)25(30-28(33)31-26)19-8-6-5-7-9-19/h5-16,26H,3-4,17H2,1-2H3,(H2,30,31,33)/t26-/m0/s1. The van der Waals surface area contributed by atoms with E-state index < -0.39 is 18.0 Å². The molecule has 0 radical (unpaired) electrons. The van der Waals surface area contributed by atoms with Gasteiger partial charge in [0, 0.05) is 5.02 Å². The van der Waals surface area contributed by atoms with Gasteiger partial charge in [-0.15, -0.1) is 0 Å². The molecule has 2 amide bonds. The molecule has 0 unspecified atom stereocenters. The van der Waals surface area contributed by atoms with Crippen LogP contribution in [0.5, 0.6) is 11.5 Å². The van der Waals surface area contributed by atoms with Gasteiger partial charge in [0.2, 0.25) is 0 Å². The first-order chi connectivity index (χ1) is 17.5. The Kier molecular flexibility index (Phi) is 8.13. The van der Waals surface area contributed by atoms with Crippen molar-refractivity contribution in [1.29, 1.82) is 0 Å². The van der Waals surface area contributed by atoms with Crippen molar-refractivity contribution in [3.8, 4) is 11.5 Å². The Morgan fingerprint density at radius 3 is 2.36 bits per heavy atom. The summed E-state index contributed by atoms with van der Waals surface area (Å²) in [6, 6.07) is 20.8. The second kappa shape index (κ2) is 11.6. The van der Waals surface area contributed by atoms with Gasteiger partial charge in [-0.25, -0.2) is 9.59 Å². The number of rotatable bonds is 9. The zero-order valence-electron chi connectivity index (χ0n) is 20.0. The summed E-state index contributed by atoms with van der Waals surface area (Å²) >= 11 is 5.97. The minimum Gasteiger partial charge on any atom is -0.490 e. The Hall–Kier alpha value is -3.97. The van der Waals surface area contributed by atoms with E-state index in [0.29, 0.717) is 52.1 Å². The van der Waals surface area contributed by atoms with E-state index in [9.17, 15) is 9.59 Å². The zero-order valence-corrected chi connectivity index (χ0v) is 20.8. The van der Waals surface area contributed by atoms with Gasteiger partial charge in [-0.1, -0.05) is 60.1 Å². The number of carbonyl (C=O) groups is 2. The molecule has 3 aromatic carbocycles. The Labute approximate surface area is 215 Å². The highest BCUT2D eigenvalue weighted by Crippen LogP contribution is 2.37. The molecule has 2 N–H and O–H groups in total. The highest BCUT2D eigenvalue weighted by molar-refractivity contribution is 6.30. The summed E-state index contributed by atoms with van der Waals surface area (Å²) < 4.78 is 17.2. The van der Waals surface area contributed by atoms with Crippen LogP contribution in [0.25, 0.3) is 5.70 Å². The van der Waals surface area contributed by atoms with Crippen molar-refractivity contribution in [2.75, 3.05) is 13.2 Å². The molecular formula is C28H27ClN2O5. The molecule has 0 spiro atoms. The van der Waals surface area contributed by atoms with Gasteiger partial charge in [-0.05, 0) is 54.8 Å². The molecule has 0 aromatic heterocycles. The predicted molar refractivity (Wildman–Crippen MR) is 138 cm³/mol. The van der Waals surface area contributed by atoms with Crippen LogP contribution in [-0.2, 0) is 16.1 Å². The quantitative estimate of drug-likeness (QED) is 0.366. The van der Waals surface area contributed by atoms with Crippen LogP contribution in [0, 0.1) is 0 Å². The monoisotopic (exact) mass is 506 g/mol. The number of halogens is 1. The minimum absolute atomic E-state index is 0.201. The average molecular weight is 507 g/mol. The van der Waals surface area contributed by atoms with Crippen LogP contribution in [0.15, 0.2) is 78.4 Å². The van der Waals surface area contributed by atoms with Crippen LogP contribution in [-0.4, -0.2) is 25.2 Å². The Morgan fingerprint density at radius 1 is 0.917 bits per heavy atom. The lowest BCUT2D eigenvalue weighted by molar-refractivity contribution is -0.138. The predicted octanol–water partition coefficient (Wildman–Crippen LogP) is 5.65. The third-order valence-corrected chi connectivity index (χ3v) is 5.79. The fraction of sp³-hybridized carbons (Fsp3) is 0.214. The van der Waals surface area contributed by atoms with E-state index in [-0.39, 0.29) is 6.61 Å². The SMILES string of the molecule is CCOC(=O)C1=C(c2ccccc2)NC(=O)N[C@H]1c1ccc(OCc2ccc(Cl)cc2)c(OCC)c1. The molecule has 0 saturated heterocycles. The minimum atomic E-state index is -0.752. The summed E-state index contributed by atoms with van der Waals surface area (Å²) in [4.78, 5) is 25.7. The molecule has 4 rings (SSSR count). The molecule has 8 heteroatoms. The van der Waals surface area contributed by atoms with Crippen molar-refractivity contribution in [1.82, 2.24) is 10.6 Å². The summed E-state index contributed by atoms with van der Waals surface area (Å²) in [6.45, 7) is 4.55. The molecule has 0 bridgehead atoms. The molecule has 0 aliphatic carbocycles. The van der Waals surface area contributed by atoms with Crippen LogP contribution in [0.3, 0.4) is 0 Å². The van der Waals surface area contributed by atoms with E-state index in [4.69, 9.17) is 25.8 Å². The Bertz CT molecular complexity index is 1260. The van der Waals surface area contributed by atoms with Gasteiger partial charge in [-0.2, -0.15) is 0 Å². The van der Waals surface area contributed by atoms with Gasteiger partial charge in [-0.3, -0.25) is 0 Å². The summed E-state index contributed by atoms with van der Waals surface area (Å²) in [5.74, 6) is 0.525. The fourth-order valence-corrected chi connectivity index (χ4v) is 4.04. The third-order valence-electron chi connectivity index (χ3n) is 5.54. The number of ether oxygens (including phenoxy) is 3. The lowest BCUT2D eigenvalue weighted by Gasteiger charge is -2.30. The summed E-state index contributed by atoms with van der Waals surface area (Å²) in [5, 5.41) is 6.29. The van der Waals surface area contributed by atoms with E-state index in [0.717, 1.165) is 5.56 Å². The molecular weight excluding hydrogens is 480 g/mol. The topological polar surface area (TPSA) is 85.9 Å². The first kappa shape index (κ1) is 25.1. The molecule has 7 nitrogen and oxygen atoms in total. The second-order valence-electron chi connectivity index (χ2n) is 7.96. The van der Waals surface area contributed by atoms with Crippen molar-refractivity contribution in [3.63, 3.8) is 0 Å². The van der Waals surface area contributed by atoms with Gasteiger partial charge >= 0.3 is 12.0 Å². The Morgan fingerprint density at radius 2 is 1.67 bits per heavy atom. The maximum absolute atomic E-state index is 13.1. The van der Waals surface area contributed by atoms with E-state index in [1.54, 1.807) is 37.3 Å². The number of urea groups is 1.